The molecule has 1 heterocycles. The monoisotopic (exact) mass is 179 g/mol. The highest BCUT2D eigenvalue weighted by Gasteiger charge is 2.06. The van der Waals surface area contributed by atoms with Gasteiger partial charge in [0.1, 0.15) is 0 Å². The van der Waals surface area contributed by atoms with E-state index in [2.05, 4.69) is 30.6 Å². The van der Waals surface area contributed by atoms with Crippen LogP contribution in [0.2, 0.25) is 0 Å². The number of rotatable bonds is 1. The average Bonchev–Trinajstić information content (AvgIpc) is 2.32. The molecule has 0 aliphatic carbocycles. The molecule has 0 N–H and O–H groups in total. The molecule has 1 fully saturated rings. The quantitative estimate of drug-likeness (QED) is 0.559. The lowest BCUT2D eigenvalue weighted by molar-refractivity contribution is 0.320. The lowest BCUT2D eigenvalue weighted by atomic mass is 10.2. The van der Waals surface area contributed by atoms with Gasteiger partial charge in [-0.15, -0.1) is 0 Å². The van der Waals surface area contributed by atoms with Crippen molar-refractivity contribution in [3.63, 3.8) is 0 Å². The summed E-state index contributed by atoms with van der Waals surface area (Å²) in [6.07, 6.45) is 5.55. The van der Waals surface area contributed by atoms with Gasteiger partial charge < -0.3 is 0 Å². The third-order valence-corrected chi connectivity index (χ3v) is 2.39. The smallest absolute Gasteiger partial charge is 0.0601 e. The molecule has 13 heavy (non-hydrogen) atoms. The second kappa shape index (κ2) is 6.05. The van der Waals surface area contributed by atoms with Crippen LogP contribution in [0, 0.1) is 17.8 Å². The van der Waals surface area contributed by atoms with Crippen LogP contribution in [0.15, 0.2) is 0 Å². The normalized spacial score (nSPS) is 19.3. The molecule has 0 unspecified atom stereocenters. The van der Waals surface area contributed by atoms with E-state index in [-0.39, 0.29) is 0 Å². The van der Waals surface area contributed by atoms with Crippen LogP contribution in [-0.4, -0.2) is 24.5 Å². The van der Waals surface area contributed by atoms with Crippen LogP contribution in [0.1, 0.15) is 39.5 Å². The van der Waals surface area contributed by atoms with Crippen molar-refractivity contribution in [3.05, 3.63) is 0 Å². The minimum atomic E-state index is 0.520. The van der Waals surface area contributed by atoms with Gasteiger partial charge in [-0.3, -0.25) is 4.90 Å². The summed E-state index contributed by atoms with van der Waals surface area (Å²) in [6.45, 7) is 7.79. The van der Waals surface area contributed by atoms with Crippen molar-refractivity contribution in [2.75, 3.05) is 19.6 Å². The highest BCUT2D eigenvalue weighted by Crippen LogP contribution is 2.08. The Morgan fingerprint density at radius 3 is 2.23 bits per heavy atom. The Bertz CT molecular complexity index is 177. The van der Waals surface area contributed by atoms with E-state index in [4.69, 9.17) is 0 Å². The Hall–Kier alpha value is -0.480. The average molecular weight is 179 g/mol. The summed E-state index contributed by atoms with van der Waals surface area (Å²) in [5, 5.41) is 0. The van der Waals surface area contributed by atoms with Crippen LogP contribution in [-0.2, 0) is 0 Å². The lowest BCUT2D eigenvalue weighted by Crippen LogP contribution is -2.24. The largest absolute Gasteiger partial charge is 0.292 e. The molecule has 1 aliphatic heterocycles. The van der Waals surface area contributed by atoms with Crippen LogP contribution in [0.5, 0.6) is 0 Å². The summed E-state index contributed by atoms with van der Waals surface area (Å²) >= 11 is 0. The Morgan fingerprint density at radius 1 is 1.08 bits per heavy atom. The molecule has 74 valence electrons. The predicted octanol–water partition coefficient (Wildman–Crippen LogP) is 2.52. The van der Waals surface area contributed by atoms with Crippen molar-refractivity contribution in [1.29, 1.82) is 0 Å². The summed E-state index contributed by atoms with van der Waals surface area (Å²) in [6, 6.07) is 0. The SMILES string of the molecule is CC(C)C#CCN1CCCCCC1. The molecule has 0 saturated carbocycles. The van der Waals surface area contributed by atoms with E-state index in [1.54, 1.807) is 0 Å². The van der Waals surface area contributed by atoms with Gasteiger partial charge in [-0.05, 0) is 25.9 Å². The van der Waals surface area contributed by atoms with Gasteiger partial charge in [-0.1, -0.05) is 38.5 Å². The van der Waals surface area contributed by atoms with Gasteiger partial charge in [0.05, 0.1) is 6.54 Å². The molecule has 0 aromatic heterocycles. The fourth-order valence-electron chi connectivity index (χ4n) is 1.66. The van der Waals surface area contributed by atoms with Crippen LogP contribution in [0.3, 0.4) is 0 Å². The highest BCUT2D eigenvalue weighted by molar-refractivity contribution is 5.03. The van der Waals surface area contributed by atoms with Crippen molar-refractivity contribution >= 4 is 0 Å². The summed E-state index contributed by atoms with van der Waals surface area (Å²) < 4.78 is 0. The van der Waals surface area contributed by atoms with Gasteiger partial charge >= 0.3 is 0 Å². The zero-order valence-electron chi connectivity index (χ0n) is 8.97. The Morgan fingerprint density at radius 2 is 1.69 bits per heavy atom. The molecule has 0 aromatic rings. The molecule has 0 bridgehead atoms. The third kappa shape index (κ3) is 4.95. The minimum absolute atomic E-state index is 0.520. The number of hydrogen-bond donors (Lipinski definition) is 0. The van der Waals surface area contributed by atoms with Gasteiger partial charge in [-0.2, -0.15) is 0 Å². The first kappa shape index (κ1) is 10.6. The van der Waals surface area contributed by atoms with E-state index in [0.29, 0.717) is 5.92 Å². The Balaban J connectivity index is 2.23. The van der Waals surface area contributed by atoms with Crippen LogP contribution in [0.4, 0.5) is 0 Å². The first-order valence-electron chi connectivity index (χ1n) is 5.50. The van der Waals surface area contributed by atoms with Crippen molar-refractivity contribution in [2.24, 2.45) is 5.92 Å². The second-order valence-electron chi connectivity index (χ2n) is 4.17. The molecule has 0 atom stereocenters. The zero-order valence-corrected chi connectivity index (χ0v) is 8.97. The van der Waals surface area contributed by atoms with Crippen molar-refractivity contribution in [2.45, 2.75) is 39.5 Å². The molecule has 1 rings (SSSR count). The van der Waals surface area contributed by atoms with Crippen molar-refractivity contribution in [3.8, 4) is 11.8 Å². The number of likely N-dealkylation sites (tertiary alicyclic amines) is 1. The third-order valence-electron chi connectivity index (χ3n) is 2.39. The molecule has 1 nitrogen and oxygen atoms in total. The molecular formula is C12H21N. The Labute approximate surface area is 82.5 Å². The van der Waals surface area contributed by atoms with E-state index in [9.17, 15) is 0 Å². The first-order chi connectivity index (χ1) is 6.29. The summed E-state index contributed by atoms with van der Waals surface area (Å²) in [4.78, 5) is 2.49. The molecule has 1 aliphatic rings. The van der Waals surface area contributed by atoms with E-state index in [1.165, 1.54) is 38.8 Å². The van der Waals surface area contributed by atoms with Gasteiger partial charge in [0.15, 0.2) is 0 Å². The summed E-state index contributed by atoms with van der Waals surface area (Å²) in [7, 11) is 0. The maximum Gasteiger partial charge on any atom is 0.0601 e. The van der Waals surface area contributed by atoms with E-state index >= 15 is 0 Å². The van der Waals surface area contributed by atoms with Gasteiger partial charge in [0.2, 0.25) is 0 Å². The van der Waals surface area contributed by atoms with Gasteiger partial charge in [0, 0.05) is 5.92 Å². The van der Waals surface area contributed by atoms with Crippen LogP contribution >= 0.6 is 0 Å². The van der Waals surface area contributed by atoms with Crippen molar-refractivity contribution in [1.82, 2.24) is 4.90 Å². The summed E-state index contributed by atoms with van der Waals surface area (Å²) in [5.41, 5.74) is 0. The first-order valence-corrected chi connectivity index (χ1v) is 5.50. The highest BCUT2D eigenvalue weighted by atomic mass is 15.1. The molecule has 0 spiro atoms. The molecule has 1 heteroatoms. The fraction of sp³-hybridized carbons (Fsp3) is 0.833. The van der Waals surface area contributed by atoms with E-state index < -0.39 is 0 Å². The molecule has 0 aromatic carbocycles. The molecule has 0 amide bonds. The number of nitrogens with zero attached hydrogens (tertiary/aromatic N) is 1. The molecule has 0 radical (unpaired) electrons. The molecule has 1 saturated heterocycles. The van der Waals surface area contributed by atoms with Crippen LogP contribution in [0.25, 0.3) is 0 Å². The topological polar surface area (TPSA) is 3.24 Å². The van der Waals surface area contributed by atoms with E-state index in [0.717, 1.165) is 6.54 Å². The van der Waals surface area contributed by atoms with Crippen molar-refractivity contribution < 1.29 is 0 Å². The summed E-state index contributed by atoms with van der Waals surface area (Å²) in [5.74, 6) is 7.00. The van der Waals surface area contributed by atoms with Crippen LogP contribution < -0.4 is 0 Å². The zero-order chi connectivity index (χ0) is 9.52. The standard InChI is InChI=1S/C12H21N/c1-12(2)8-7-11-13-9-5-3-4-6-10-13/h12H,3-6,9-11H2,1-2H3. The fourth-order valence-corrected chi connectivity index (χ4v) is 1.66. The lowest BCUT2D eigenvalue weighted by Gasteiger charge is -2.15. The van der Waals surface area contributed by atoms with Gasteiger partial charge in [-0.25, -0.2) is 0 Å². The Kier molecular flexibility index (Phi) is 4.93. The maximum atomic E-state index is 3.26. The van der Waals surface area contributed by atoms with Gasteiger partial charge in [0.25, 0.3) is 0 Å². The van der Waals surface area contributed by atoms with E-state index in [1.807, 2.05) is 0 Å². The minimum Gasteiger partial charge on any atom is -0.292 e. The molecular weight excluding hydrogens is 158 g/mol. The maximum absolute atomic E-state index is 3.26. The second-order valence-corrected chi connectivity index (χ2v) is 4.17. The predicted molar refractivity (Wildman–Crippen MR) is 57.5 cm³/mol. The number of hydrogen-bond acceptors (Lipinski definition) is 1.